The first-order valence-electron chi connectivity index (χ1n) is 8.25. The lowest BCUT2D eigenvalue weighted by molar-refractivity contribution is 0.0944. The van der Waals surface area contributed by atoms with Crippen LogP contribution in [0.4, 0.5) is 0 Å². The number of ether oxygens (including phenoxy) is 1. The van der Waals surface area contributed by atoms with Crippen LogP contribution in [0.5, 0.6) is 0 Å². The second kappa shape index (κ2) is 6.53. The summed E-state index contributed by atoms with van der Waals surface area (Å²) >= 11 is 0. The van der Waals surface area contributed by atoms with Gasteiger partial charge in [0.25, 0.3) is 0 Å². The van der Waals surface area contributed by atoms with Crippen molar-refractivity contribution in [2.45, 2.75) is 66.5 Å². The van der Waals surface area contributed by atoms with Crippen LogP contribution >= 0.6 is 0 Å². The highest BCUT2D eigenvalue weighted by molar-refractivity contribution is 5.33. The molecule has 0 saturated heterocycles. The van der Waals surface area contributed by atoms with Gasteiger partial charge in [-0.05, 0) is 43.6 Å². The highest BCUT2D eigenvalue weighted by atomic mass is 16.5. The zero-order valence-electron chi connectivity index (χ0n) is 14.3. The summed E-state index contributed by atoms with van der Waals surface area (Å²) in [6, 6.07) is 2.16. The fourth-order valence-corrected chi connectivity index (χ4v) is 3.29. The summed E-state index contributed by atoms with van der Waals surface area (Å²) < 4.78 is 8.10. The molecule has 0 saturated carbocycles. The summed E-state index contributed by atoms with van der Waals surface area (Å²) in [6.07, 6.45) is 2.70. The molecule has 1 aromatic heterocycles. The number of rotatable bonds is 6. The molecule has 1 aliphatic rings. The van der Waals surface area contributed by atoms with Crippen molar-refractivity contribution < 1.29 is 9.84 Å². The molecule has 2 rings (SSSR count). The molecule has 1 heterocycles. The maximum atomic E-state index is 10.4. The van der Waals surface area contributed by atoms with Crippen LogP contribution in [-0.2, 0) is 17.7 Å². The molecule has 0 aromatic carbocycles. The second-order valence-electron chi connectivity index (χ2n) is 7.70. The van der Waals surface area contributed by atoms with Gasteiger partial charge in [0.05, 0.1) is 12.7 Å². The predicted molar refractivity (Wildman–Crippen MR) is 86.5 cm³/mol. The van der Waals surface area contributed by atoms with Gasteiger partial charge < -0.3 is 14.4 Å². The van der Waals surface area contributed by atoms with Crippen molar-refractivity contribution in [1.29, 1.82) is 0 Å². The van der Waals surface area contributed by atoms with Gasteiger partial charge in [-0.1, -0.05) is 27.7 Å². The van der Waals surface area contributed by atoms with Gasteiger partial charge in [-0.2, -0.15) is 0 Å². The molecule has 0 amide bonds. The van der Waals surface area contributed by atoms with Crippen LogP contribution in [0.1, 0.15) is 63.6 Å². The topological polar surface area (TPSA) is 34.4 Å². The monoisotopic (exact) mass is 293 g/mol. The minimum absolute atomic E-state index is 0.174. The minimum atomic E-state index is -0.314. The van der Waals surface area contributed by atoms with Crippen molar-refractivity contribution >= 4 is 0 Å². The number of nitrogens with zero attached hydrogens (tertiary/aromatic N) is 1. The largest absolute Gasteiger partial charge is 0.388 e. The lowest BCUT2D eigenvalue weighted by atomic mass is 9.75. The molecule has 21 heavy (non-hydrogen) atoms. The quantitative estimate of drug-likeness (QED) is 0.808. The summed E-state index contributed by atoms with van der Waals surface area (Å²) in [5.74, 6) is 0.696. The number of hydrogen-bond acceptors (Lipinski definition) is 2. The van der Waals surface area contributed by atoms with Crippen molar-refractivity contribution in [2.75, 3.05) is 13.2 Å². The van der Waals surface area contributed by atoms with E-state index in [1.54, 1.807) is 0 Å². The van der Waals surface area contributed by atoms with Crippen LogP contribution < -0.4 is 0 Å². The van der Waals surface area contributed by atoms with Crippen molar-refractivity contribution in [2.24, 2.45) is 11.3 Å². The predicted octanol–water partition coefficient (Wildman–Crippen LogP) is 3.87. The van der Waals surface area contributed by atoms with E-state index >= 15 is 0 Å². The first kappa shape index (κ1) is 16.6. The molecule has 0 bridgehead atoms. The SMILES string of the molecule is Cc1cc2c(n1CCOCCC(C)C)CC(C)(C)CC2O. The average Bonchev–Trinajstić information content (AvgIpc) is 2.65. The summed E-state index contributed by atoms with van der Waals surface area (Å²) in [5.41, 5.74) is 3.86. The summed E-state index contributed by atoms with van der Waals surface area (Å²) in [7, 11) is 0. The first-order chi connectivity index (χ1) is 9.80. The maximum Gasteiger partial charge on any atom is 0.0812 e. The Bertz CT molecular complexity index is 474. The molecule has 120 valence electrons. The summed E-state index contributed by atoms with van der Waals surface area (Å²) in [4.78, 5) is 0. The van der Waals surface area contributed by atoms with Gasteiger partial charge in [0.1, 0.15) is 0 Å². The third-order valence-electron chi connectivity index (χ3n) is 4.50. The highest BCUT2D eigenvalue weighted by Crippen LogP contribution is 2.41. The van der Waals surface area contributed by atoms with Crippen LogP contribution in [0, 0.1) is 18.3 Å². The Labute approximate surface area is 129 Å². The molecule has 1 aromatic rings. The molecule has 1 N–H and O–H groups in total. The fourth-order valence-electron chi connectivity index (χ4n) is 3.29. The number of aliphatic hydroxyl groups excluding tert-OH is 1. The molecule has 0 spiro atoms. The molecule has 3 heteroatoms. The number of fused-ring (bicyclic) bond motifs is 1. The molecular weight excluding hydrogens is 262 g/mol. The highest BCUT2D eigenvalue weighted by Gasteiger charge is 2.33. The molecule has 0 fully saturated rings. The standard InChI is InChI=1S/C18H31NO2/c1-13(2)6-8-21-9-7-19-14(3)10-15-16(19)11-18(4,5)12-17(15)20/h10,13,17,20H,6-9,11-12H2,1-5H3. The smallest absolute Gasteiger partial charge is 0.0812 e. The fraction of sp³-hybridized carbons (Fsp3) is 0.778. The van der Waals surface area contributed by atoms with Gasteiger partial charge in [0, 0.05) is 30.1 Å². The molecule has 1 aliphatic carbocycles. The Balaban J connectivity index is 2.01. The van der Waals surface area contributed by atoms with Crippen molar-refractivity contribution in [1.82, 2.24) is 4.57 Å². The van der Waals surface area contributed by atoms with E-state index in [0.717, 1.165) is 44.6 Å². The van der Waals surface area contributed by atoms with E-state index in [-0.39, 0.29) is 11.5 Å². The minimum Gasteiger partial charge on any atom is -0.388 e. The zero-order chi connectivity index (χ0) is 15.6. The van der Waals surface area contributed by atoms with Gasteiger partial charge in [-0.15, -0.1) is 0 Å². The Hall–Kier alpha value is -0.800. The van der Waals surface area contributed by atoms with Crippen molar-refractivity contribution in [3.8, 4) is 0 Å². The number of aliphatic hydroxyl groups is 1. The Morgan fingerprint density at radius 1 is 1.38 bits per heavy atom. The van der Waals surface area contributed by atoms with Crippen molar-refractivity contribution in [3.05, 3.63) is 23.0 Å². The average molecular weight is 293 g/mol. The van der Waals surface area contributed by atoms with Gasteiger partial charge in [-0.3, -0.25) is 0 Å². The van der Waals surface area contributed by atoms with Crippen LogP contribution in [0.25, 0.3) is 0 Å². The van der Waals surface area contributed by atoms with E-state index in [1.807, 2.05) is 0 Å². The lowest BCUT2D eigenvalue weighted by Crippen LogP contribution is -2.27. The molecule has 3 nitrogen and oxygen atoms in total. The number of aryl methyl sites for hydroxylation is 1. The third-order valence-corrected chi connectivity index (χ3v) is 4.50. The number of hydrogen-bond donors (Lipinski definition) is 1. The van der Waals surface area contributed by atoms with E-state index in [9.17, 15) is 5.11 Å². The Morgan fingerprint density at radius 2 is 2.10 bits per heavy atom. The second-order valence-corrected chi connectivity index (χ2v) is 7.70. The van der Waals surface area contributed by atoms with E-state index in [4.69, 9.17) is 4.74 Å². The van der Waals surface area contributed by atoms with Gasteiger partial charge >= 0.3 is 0 Å². The van der Waals surface area contributed by atoms with Gasteiger partial charge in [0.15, 0.2) is 0 Å². The van der Waals surface area contributed by atoms with E-state index in [1.165, 1.54) is 11.4 Å². The van der Waals surface area contributed by atoms with Gasteiger partial charge in [-0.25, -0.2) is 0 Å². The first-order valence-corrected chi connectivity index (χ1v) is 8.25. The molecule has 1 atom stereocenters. The Kier molecular flexibility index (Phi) is 5.15. The van der Waals surface area contributed by atoms with Crippen LogP contribution in [0.3, 0.4) is 0 Å². The summed E-state index contributed by atoms with van der Waals surface area (Å²) in [5, 5.41) is 10.4. The van der Waals surface area contributed by atoms with E-state index in [2.05, 4.69) is 45.3 Å². The van der Waals surface area contributed by atoms with Crippen LogP contribution in [0.15, 0.2) is 6.07 Å². The third kappa shape index (κ3) is 4.10. The summed E-state index contributed by atoms with van der Waals surface area (Å²) in [6.45, 7) is 13.5. The molecule has 1 unspecified atom stereocenters. The van der Waals surface area contributed by atoms with Gasteiger partial charge in [0.2, 0.25) is 0 Å². The molecule has 0 aliphatic heterocycles. The zero-order valence-corrected chi connectivity index (χ0v) is 14.3. The molecular formula is C18H31NO2. The van der Waals surface area contributed by atoms with Crippen molar-refractivity contribution in [3.63, 3.8) is 0 Å². The lowest BCUT2D eigenvalue weighted by Gasteiger charge is -2.34. The van der Waals surface area contributed by atoms with E-state index in [0.29, 0.717) is 5.92 Å². The van der Waals surface area contributed by atoms with E-state index < -0.39 is 0 Å². The Morgan fingerprint density at radius 3 is 2.76 bits per heavy atom. The van der Waals surface area contributed by atoms with Crippen LogP contribution in [-0.4, -0.2) is 22.9 Å². The molecule has 0 radical (unpaired) electrons. The number of aromatic nitrogens is 1. The van der Waals surface area contributed by atoms with Crippen LogP contribution in [0.2, 0.25) is 0 Å². The maximum absolute atomic E-state index is 10.4. The normalized spacial score (nSPS) is 20.8.